The summed E-state index contributed by atoms with van der Waals surface area (Å²) in [5.41, 5.74) is 1.53. The summed E-state index contributed by atoms with van der Waals surface area (Å²) in [7, 11) is 0. The Morgan fingerprint density at radius 3 is 2.69 bits per heavy atom. The average Bonchev–Trinajstić information content (AvgIpc) is 3.17. The van der Waals surface area contributed by atoms with Gasteiger partial charge >= 0.3 is 5.97 Å². The summed E-state index contributed by atoms with van der Waals surface area (Å²) in [6, 6.07) is 11.2. The maximum atomic E-state index is 12.1. The smallest absolute Gasteiger partial charge is 0.336 e. The molecule has 1 aliphatic rings. The first-order chi connectivity index (χ1) is 14.1. The fraction of sp³-hybridized carbons (Fsp3) is 0.200. The Morgan fingerprint density at radius 2 is 1.97 bits per heavy atom. The van der Waals surface area contributed by atoms with Crippen LogP contribution in [0, 0.1) is 10.1 Å². The molecule has 0 radical (unpaired) electrons. The average molecular weight is 411 g/mol. The fourth-order valence-corrected chi connectivity index (χ4v) is 3.91. The molecule has 1 fully saturated rings. The number of ether oxygens (including phenoxy) is 2. The van der Waals surface area contributed by atoms with Crippen molar-refractivity contribution in [2.24, 2.45) is 0 Å². The molecule has 0 saturated carbocycles. The number of nitrogens with zero attached hydrogens (tertiary/aromatic N) is 3. The zero-order valence-corrected chi connectivity index (χ0v) is 16.1. The minimum atomic E-state index is -0.527. The number of fused-ring (bicyclic) bond motifs is 1. The zero-order valence-electron chi connectivity index (χ0n) is 15.3. The van der Waals surface area contributed by atoms with Gasteiger partial charge in [0.25, 0.3) is 5.69 Å². The molecule has 0 spiro atoms. The van der Waals surface area contributed by atoms with Gasteiger partial charge < -0.3 is 14.4 Å². The molecule has 2 heterocycles. The number of nitro groups is 1. The van der Waals surface area contributed by atoms with E-state index < -0.39 is 10.9 Å². The van der Waals surface area contributed by atoms with E-state index in [9.17, 15) is 14.9 Å². The lowest BCUT2D eigenvalue weighted by molar-refractivity contribution is -0.384. The van der Waals surface area contributed by atoms with Crippen LogP contribution in [0.4, 0.5) is 10.8 Å². The van der Waals surface area contributed by atoms with Crippen molar-refractivity contribution < 1.29 is 19.2 Å². The second kappa shape index (κ2) is 8.38. The van der Waals surface area contributed by atoms with E-state index in [0.29, 0.717) is 24.5 Å². The molecule has 9 heteroatoms. The van der Waals surface area contributed by atoms with Gasteiger partial charge in [-0.3, -0.25) is 10.1 Å². The first-order valence-electron chi connectivity index (χ1n) is 8.96. The summed E-state index contributed by atoms with van der Waals surface area (Å²) in [4.78, 5) is 29.1. The summed E-state index contributed by atoms with van der Waals surface area (Å²) in [5.74, 6) is -0.0892. The summed E-state index contributed by atoms with van der Waals surface area (Å²) < 4.78 is 11.7. The van der Waals surface area contributed by atoms with Gasteiger partial charge in [-0.25, -0.2) is 9.78 Å². The van der Waals surface area contributed by atoms with E-state index in [1.54, 1.807) is 41.7 Å². The number of hydrogen-bond acceptors (Lipinski definition) is 8. The van der Waals surface area contributed by atoms with Crippen LogP contribution in [0.15, 0.2) is 48.5 Å². The molecule has 0 aliphatic carbocycles. The van der Waals surface area contributed by atoms with Gasteiger partial charge in [-0.2, -0.15) is 0 Å². The van der Waals surface area contributed by atoms with Crippen molar-refractivity contribution in [2.75, 3.05) is 31.2 Å². The molecule has 8 nitrogen and oxygen atoms in total. The van der Waals surface area contributed by atoms with Gasteiger partial charge in [0, 0.05) is 37.4 Å². The van der Waals surface area contributed by atoms with E-state index in [-0.39, 0.29) is 5.69 Å². The Morgan fingerprint density at radius 1 is 1.21 bits per heavy atom. The first-order valence-corrected chi connectivity index (χ1v) is 9.78. The van der Waals surface area contributed by atoms with Crippen LogP contribution in [0.2, 0.25) is 0 Å². The van der Waals surface area contributed by atoms with Crippen molar-refractivity contribution in [3.8, 4) is 5.75 Å². The van der Waals surface area contributed by atoms with E-state index in [1.165, 1.54) is 18.2 Å². The number of benzene rings is 2. The number of non-ortho nitro benzene ring substituents is 1. The van der Waals surface area contributed by atoms with Crippen LogP contribution in [0.25, 0.3) is 16.3 Å². The molecule has 29 heavy (non-hydrogen) atoms. The summed E-state index contributed by atoms with van der Waals surface area (Å²) in [5, 5.41) is 11.6. The largest absolute Gasteiger partial charge is 0.423 e. The van der Waals surface area contributed by atoms with Crippen LogP contribution in [0.3, 0.4) is 0 Å². The Labute approximate surface area is 170 Å². The van der Waals surface area contributed by atoms with Crippen LogP contribution in [-0.2, 0) is 9.53 Å². The second-order valence-corrected chi connectivity index (χ2v) is 7.34. The Balaban J connectivity index is 1.42. The highest BCUT2D eigenvalue weighted by Gasteiger charge is 2.16. The molecule has 2 aromatic carbocycles. The lowest BCUT2D eigenvalue weighted by atomic mass is 10.2. The lowest BCUT2D eigenvalue weighted by Gasteiger charge is -2.25. The van der Waals surface area contributed by atoms with Crippen molar-refractivity contribution in [3.63, 3.8) is 0 Å². The summed E-state index contributed by atoms with van der Waals surface area (Å²) >= 11 is 1.55. The Hall–Kier alpha value is -3.30. The topological polar surface area (TPSA) is 94.8 Å². The maximum Gasteiger partial charge on any atom is 0.336 e. The van der Waals surface area contributed by atoms with Gasteiger partial charge in [-0.15, -0.1) is 0 Å². The monoisotopic (exact) mass is 411 g/mol. The summed E-state index contributed by atoms with van der Waals surface area (Å²) in [6.07, 6.45) is 2.84. The number of thiazole rings is 1. The van der Waals surface area contributed by atoms with Crippen molar-refractivity contribution >= 4 is 44.4 Å². The predicted molar refractivity (Wildman–Crippen MR) is 110 cm³/mol. The highest BCUT2D eigenvalue weighted by atomic mass is 32.1. The molecule has 4 rings (SSSR count). The molecule has 0 unspecified atom stereocenters. The highest BCUT2D eigenvalue weighted by molar-refractivity contribution is 7.22. The number of aromatic nitrogens is 1. The standard InChI is InChI=1S/C20H17N3O5S/c24-19(8-3-14-1-4-15(5-2-14)23(25)26)28-16-6-7-17-18(13-16)29-20(21-17)22-9-11-27-12-10-22/h1-8,13H,9-12H2/b8-3-. The van der Waals surface area contributed by atoms with Gasteiger partial charge in [-0.05, 0) is 35.9 Å². The fourth-order valence-electron chi connectivity index (χ4n) is 2.87. The molecule has 1 aliphatic heterocycles. The van der Waals surface area contributed by atoms with Crippen LogP contribution in [0.1, 0.15) is 5.56 Å². The minimum Gasteiger partial charge on any atom is -0.423 e. The predicted octanol–water partition coefficient (Wildman–Crippen LogP) is 3.66. The third-order valence-corrected chi connectivity index (χ3v) is 5.44. The van der Waals surface area contributed by atoms with E-state index in [4.69, 9.17) is 9.47 Å². The van der Waals surface area contributed by atoms with Gasteiger partial charge in [0.2, 0.25) is 0 Å². The van der Waals surface area contributed by atoms with Crippen LogP contribution < -0.4 is 9.64 Å². The number of morpholine rings is 1. The van der Waals surface area contributed by atoms with Gasteiger partial charge in [-0.1, -0.05) is 11.3 Å². The van der Waals surface area contributed by atoms with E-state index in [0.717, 1.165) is 28.4 Å². The highest BCUT2D eigenvalue weighted by Crippen LogP contribution is 2.31. The molecule has 0 bridgehead atoms. The normalized spacial score (nSPS) is 14.4. The second-order valence-electron chi connectivity index (χ2n) is 6.33. The van der Waals surface area contributed by atoms with Crippen molar-refractivity contribution in [1.82, 2.24) is 4.98 Å². The number of rotatable bonds is 5. The molecular weight excluding hydrogens is 394 g/mol. The number of esters is 1. The van der Waals surface area contributed by atoms with Gasteiger partial charge in [0.1, 0.15) is 5.75 Å². The van der Waals surface area contributed by atoms with E-state index in [1.807, 2.05) is 6.07 Å². The number of hydrogen-bond donors (Lipinski definition) is 0. The number of nitro benzene ring substituents is 1. The molecule has 0 N–H and O–H groups in total. The quantitative estimate of drug-likeness (QED) is 0.208. The van der Waals surface area contributed by atoms with Crippen LogP contribution in [-0.4, -0.2) is 42.2 Å². The minimum absolute atomic E-state index is 0.000894. The maximum absolute atomic E-state index is 12.1. The van der Waals surface area contributed by atoms with E-state index >= 15 is 0 Å². The van der Waals surface area contributed by atoms with Gasteiger partial charge in [0.05, 0.1) is 28.4 Å². The number of anilines is 1. The van der Waals surface area contributed by atoms with Crippen LogP contribution >= 0.6 is 11.3 Å². The summed E-state index contributed by atoms with van der Waals surface area (Å²) in [6.45, 7) is 3.02. The number of carbonyl (C=O) groups excluding carboxylic acids is 1. The van der Waals surface area contributed by atoms with E-state index in [2.05, 4.69) is 9.88 Å². The van der Waals surface area contributed by atoms with Crippen LogP contribution in [0.5, 0.6) is 5.75 Å². The molecule has 0 amide bonds. The van der Waals surface area contributed by atoms with Crippen molar-refractivity contribution in [3.05, 3.63) is 64.2 Å². The molecule has 148 valence electrons. The molecule has 3 aromatic rings. The zero-order chi connectivity index (χ0) is 20.2. The first kappa shape index (κ1) is 19.0. The number of carbonyl (C=O) groups is 1. The molecule has 0 atom stereocenters. The van der Waals surface area contributed by atoms with Crippen molar-refractivity contribution in [2.45, 2.75) is 0 Å². The van der Waals surface area contributed by atoms with Crippen molar-refractivity contribution in [1.29, 1.82) is 0 Å². The Kier molecular flexibility index (Phi) is 5.50. The lowest BCUT2D eigenvalue weighted by Crippen LogP contribution is -2.36. The molecule has 1 aromatic heterocycles. The third kappa shape index (κ3) is 4.58. The molecule has 1 saturated heterocycles. The third-order valence-electron chi connectivity index (χ3n) is 4.36. The van der Waals surface area contributed by atoms with Gasteiger partial charge in [0.15, 0.2) is 5.13 Å². The Bertz CT molecular complexity index is 1070. The molecular formula is C20H17N3O5S. The SMILES string of the molecule is O=C(/C=C\c1ccc([N+](=O)[O-])cc1)Oc1ccc2nc(N3CCOCC3)sc2c1.